The minimum atomic E-state index is 0.0107. The standard InChI is InChI=1S/C21H24N2O2/c1-22(2)20(24)18-9-7-14-11-15-8-10-19(21(25)23(3)4)13-17(15)6-5-16(14)12-18/h5-10,12-14,16H,11H2,1-4H3. The Hall–Kier alpha value is -2.62. The molecule has 2 atom stereocenters. The Morgan fingerprint density at radius 1 is 0.960 bits per heavy atom. The van der Waals surface area contributed by atoms with Crippen LogP contribution >= 0.6 is 0 Å². The summed E-state index contributed by atoms with van der Waals surface area (Å²) >= 11 is 0. The Labute approximate surface area is 149 Å². The smallest absolute Gasteiger partial charge is 0.253 e. The van der Waals surface area contributed by atoms with Crippen molar-refractivity contribution in [3.63, 3.8) is 0 Å². The van der Waals surface area contributed by atoms with Gasteiger partial charge in [-0.05, 0) is 35.6 Å². The van der Waals surface area contributed by atoms with Crippen molar-refractivity contribution in [2.45, 2.75) is 6.42 Å². The van der Waals surface area contributed by atoms with Gasteiger partial charge in [-0.1, -0.05) is 36.4 Å². The number of likely N-dealkylation sites (N-methyl/N-ethyl adjacent to an activating group) is 1. The second-order valence-electron chi connectivity index (χ2n) is 7.10. The van der Waals surface area contributed by atoms with Gasteiger partial charge in [0.25, 0.3) is 11.8 Å². The molecule has 0 bridgehead atoms. The SMILES string of the molecule is CN(C)C(=O)C1=CC2C=Cc3cc(C(=O)N(C)C)ccc3CC2C=C1. The average Bonchev–Trinajstić information content (AvgIpc) is 2.78. The van der Waals surface area contributed by atoms with Gasteiger partial charge in [-0.3, -0.25) is 9.59 Å². The number of amides is 2. The van der Waals surface area contributed by atoms with Crippen LogP contribution in [-0.2, 0) is 11.2 Å². The van der Waals surface area contributed by atoms with Gasteiger partial charge in [-0.2, -0.15) is 0 Å². The van der Waals surface area contributed by atoms with Gasteiger partial charge in [-0.25, -0.2) is 0 Å². The maximum Gasteiger partial charge on any atom is 0.253 e. The molecule has 0 fully saturated rings. The van der Waals surface area contributed by atoms with Crippen LogP contribution in [0.5, 0.6) is 0 Å². The predicted octanol–water partition coefficient (Wildman–Crippen LogP) is 2.77. The summed E-state index contributed by atoms with van der Waals surface area (Å²) in [5.74, 6) is 0.580. The molecule has 4 nitrogen and oxygen atoms in total. The first-order chi connectivity index (χ1) is 11.9. The van der Waals surface area contributed by atoms with Gasteiger partial charge < -0.3 is 9.80 Å². The zero-order valence-electron chi connectivity index (χ0n) is 15.2. The van der Waals surface area contributed by atoms with Gasteiger partial charge >= 0.3 is 0 Å². The lowest BCUT2D eigenvalue weighted by atomic mass is 9.82. The normalized spacial score (nSPS) is 20.9. The lowest BCUT2D eigenvalue weighted by molar-refractivity contribution is -0.124. The average molecular weight is 336 g/mol. The number of fused-ring (bicyclic) bond motifs is 2. The molecule has 1 aromatic carbocycles. The first kappa shape index (κ1) is 17.2. The third-order valence-corrected chi connectivity index (χ3v) is 4.80. The lowest BCUT2D eigenvalue weighted by Gasteiger charge is -2.23. The molecule has 0 aliphatic heterocycles. The number of benzene rings is 1. The van der Waals surface area contributed by atoms with Crippen molar-refractivity contribution in [1.29, 1.82) is 0 Å². The number of allylic oxidation sites excluding steroid dienone is 3. The second-order valence-corrected chi connectivity index (χ2v) is 7.10. The molecule has 0 heterocycles. The van der Waals surface area contributed by atoms with Crippen molar-refractivity contribution in [2.75, 3.05) is 28.2 Å². The first-order valence-corrected chi connectivity index (χ1v) is 8.51. The summed E-state index contributed by atoms with van der Waals surface area (Å²) in [6, 6.07) is 5.92. The van der Waals surface area contributed by atoms with Crippen molar-refractivity contribution in [1.82, 2.24) is 9.80 Å². The zero-order chi connectivity index (χ0) is 18.1. The zero-order valence-corrected chi connectivity index (χ0v) is 15.2. The highest BCUT2D eigenvalue weighted by Gasteiger charge is 2.25. The molecule has 2 unspecified atom stereocenters. The maximum atomic E-state index is 12.2. The van der Waals surface area contributed by atoms with E-state index in [1.807, 2.05) is 18.2 Å². The largest absolute Gasteiger partial charge is 0.345 e. The summed E-state index contributed by atoms with van der Waals surface area (Å²) in [6.07, 6.45) is 11.3. The van der Waals surface area contributed by atoms with Crippen molar-refractivity contribution in [3.05, 3.63) is 64.8 Å². The van der Waals surface area contributed by atoms with Gasteiger partial charge in [0.05, 0.1) is 0 Å². The summed E-state index contributed by atoms with van der Waals surface area (Å²) < 4.78 is 0. The molecule has 2 amide bonds. The number of rotatable bonds is 2. The van der Waals surface area contributed by atoms with E-state index < -0.39 is 0 Å². The van der Waals surface area contributed by atoms with E-state index in [4.69, 9.17) is 0 Å². The number of carbonyl (C=O) groups excluding carboxylic acids is 2. The third kappa shape index (κ3) is 3.43. The fourth-order valence-electron chi connectivity index (χ4n) is 3.34. The molecule has 0 spiro atoms. The van der Waals surface area contributed by atoms with Crippen molar-refractivity contribution in [3.8, 4) is 0 Å². The molecule has 0 aromatic heterocycles. The summed E-state index contributed by atoms with van der Waals surface area (Å²) in [5.41, 5.74) is 3.77. The molecular formula is C21H24N2O2. The van der Waals surface area contributed by atoms with E-state index in [1.54, 1.807) is 38.0 Å². The van der Waals surface area contributed by atoms with Gasteiger partial charge in [-0.15, -0.1) is 0 Å². The van der Waals surface area contributed by atoms with Crippen molar-refractivity contribution < 1.29 is 9.59 Å². The molecule has 0 saturated carbocycles. The highest BCUT2D eigenvalue weighted by atomic mass is 16.2. The second kappa shape index (κ2) is 6.71. The van der Waals surface area contributed by atoms with Gasteiger partial charge in [0.15, 0.2) is 0 Å². The Kier molecular flexibility index (Phi) is 4.62. The highest BCUT2D eigenvalue weighted by molar-refractivity contribution is 5.96. The van der Waals surface area contributed by atoms with E-state index in [0.717, 1.165) is 17.6 Å². The summed E-state index contributed by atoms with van der Waals surface area (Å²) in [6.45, 7) is 0. The number of carbonyl (C=O) groups is 2. The highest BCUT2D eigenvalue weighted by Crippen LogP contribution is 2.33. The fraction of sp³-hybridized carbons (Fsp3) is 0.333. The maximum absolute atomic E-state index is 12.2. The molecular weight excluding hydrogens is 312 g/mol. The summed E-state index contributed by atoms with van der Waals surface area (Å²) in [7, 11) is 7.06. The van der Waals surface area contributed by atoms with E-state index in [1.165, 1.54) is 5.56 Å². The van der Waals surface area contributed by atoms with Crippen LogP contribution in [0.25, 0.3) is 6.08 Å². The molecule has 0 radical (unpaired) electrons. The van der Waals surface area contributed by atoms with Crippen LogP contribution in [0.3, 0.4) is 0 Å². The summed E-state index contributed by atoms with van der Waals surface area (Å²) in [5, 5.41) is 0. The van der Waals surface area contributed by atoms with Crippen LogP contribution in [0.15, 0.2) is 48.1 Å². The molecule has 0 saturated heterocycles. The first-order valence-electron chi connectivity index (χ1n) is 8.51. The van der Waals surface area contributed by atoms with E-state index >= 15 is 0 Å². The topological polar surface area (TPSA) is 40.6 Å². The molecule has 0 N–H and O–H groups in total. The Morgan fingerprint density at radius 2 is 1.68 bits per heavy atom. The number of hydrogen-bond donors (Lipinski definition) is 0. The molecule has 130 valence electrons. The van der Waals surface area contributed by atoms with Crippen LogP contribution in [0.4, 0.5) is 0 Å². The molecule has 2 aliphatic rings. The predicted molar refractivity (Wildman–Crippen MR) is 100 cm³/mol. The fourth-order valence-corrected chi connectivity index (χ4v) is 3.34. The Bertz CT molecular complexity index is 800. The van der Waals surface area contributed by atoms with E-state index in [-0.39, 0.29) is 17.7 Å². The van der Waals surface area contributed by atoms with Crippen molar-refractivity contribution in [2.24, 2.45) is 11.8 Å². The minimum Gasteiger partial charge on any atom is -0.345 e. The lowest BCUT2D eigenvalue weighted by Crippen LogP contribution is -2.25. The number of hydrogen-bond acceptors (Lipinski definition) is 2. The third-order valence-electron chi connectivity index (χ3n) is 4.80. The molecule has 25 heavy (non-hydrogen) atoms. The van der Waals surface area contributed by atoms with Crippen molar-refractivity contribution >= 4 is 17.9 Å². The van der Waals surface area contributed by atoms with Crippen LogP contribution in [0.2, 0.25) is 0 Å². The van der Waals surface area contributed by atoms with Gasteiger partial charge in [0, 0.05) is 45.2 Å². The molecule has 2 aliphatic carbocycles. The molecule has 4 heteroatoms. The van der Waals surface area contributed by atoms with E-state index in [9.17, 15) is 9.59 Å². The Morgan fingerprint density at radius 3 is 2.36 bits per heavy atom. The molecule has 3 rings (SSSR count). The summed E-state index contributed by atoms with van der Waals surface area (Å²) in [4.78, 5) is 27.6. The Balaban J connectivity index is 1.90. The van der Waals surface area contributed by atoms with Crippen LogP contribution in [0, 0.1) is 11.8 Å². The van der Waals surface area contributed by atoms with Gasteiger partial charge in [0.1, 0.15) is 0 Å². The van der Waals surface area contributed by atoms with Crippen LogP contribution in [0.1, 0.15) is 21.5 Å². The van der Waals surface area contributed by atoms with Gasteiger partial charge in [0.2, 0.25) is 0 Å². The van der Waals surface area contributed by atoms with Crippen LogP contribution < -0.4 is 0 Å². The van der Waals surface area contributed by atoms with Crippen LogP contribution in [-0.4, -0.2) is 49.8 Å². The monoisotopic (exact) mass is 336 g/mol. The quantitative estimate of drug-likeness (QED) is 0.833. The minimum absolute atomic E-state index is 0.0107. The number of nitrogens with zero attached hydrogens (tertiary/aromatic N) is 2. The molecule has 1 aromatic rings. The van der Waals surface area contributed by atoms with E-state index in [2.05, 4.69) is 30.4 Å². The van der Waals surface area contributed by atoms with E-state index in [0.29, 0.717) is 11.5 Å².